The lowest BCUT2D eigenvalue weighted by Gasteiger charge is -2.37. The molecule has 2 unspecified atom stereocenters. The predicted octanol–water partition coefficient (Wildman–Crippen LogP) is 2.23. The second-order valence-corrected chi connectivity index (χ2v) is 5.93. The fourth-order valence-corrected chi connectivity index (χ4v) is 3.16. The summed E-state index contributed by atoms with van der Waals surface area (Å²) in [6, 6.07) is 7.49. The zero-order chi connectivity index (χ0) is 12.4. The third-order valence-corrected chi connectivity index (χ3v) is 4.62. The summed E-state index contributed by atoms with van der Waals surface area (Å²) in [6.45, 7) is 5.11. The molecule has 17 heavy (non-hydrogen) atoms. The number of thioether (sulfide) groups is 1. The van der Waals surface area contributed by atoms with Gasteiger partial charge in [-0.15, -0.1) is 0 Å². The van der Waals surface area contributed by atoms with E-state index in [1.807, 2.05) is 28.8 Å². The van der Waals surface area contributed by atoms with E-state index in [1.54, 1.807) is 12.1 Å². The first-order valence-corrected chi connectivity index (χ1v) is 6.92. The quantitative estimate of drug-likeness (QED) is 0.777. The predicted molar refractivity (Wildman–Crippen MR) is 73.3 cm³/mol. The standard InChI is InChI=1S/C13H18N2OS/c1-9-10(2)17-7-6-15(9)13(16)11-4-3-5-12(14)8-11/h3-5,8-10H,6-7,14H2,1-2H3. The average Bonchev–Trinajstić information content (AvgIpc) is 2.32. The van der Waals surface area contributed by atoms with Crippen LogP contribution in [0.25, 0.3) is 0 Å². The minimum atomic E-state index is 0.0944. The molecule has 1 heterocycles. The van der Waals surface area contributed by atoms with Gasteiger partial charge in [-0.3, -0.25) is 4.79 Å². The molecule has 1 aromatic rings. The number of carbonyl (C=O) groups excluding carboxylic acids is 1. The number of amides is 1. The lowest BCUT2D eigenvalue weighted by molar-refractivity contribution is 0.0698. The zero-order valence-corrected chi connectivity index (χ0v) is 11.0. The van der Waals surface area contributed by atoms with Gasteiger partial charge in [0.2, 0.25) is 0 Å². The molecule has 1 amide bonds. The molecule has 1 saturated heterocycles. The van der Waals surface area contributed by atoms with Crippen molar-refractivity contribution in [3.8, 4) is 0 Å². The first-order chi connectivity index (χ1) is 8.09. The minimum Gasteiger partial charge on any atom is -0.399 e. The van der Waals surface area contributed by atoms with E-state index in [4.69, 9.17) is 5.73 Å². The van der Waals surface area contributed by atoms with Gasteiger partial charge >= 0.3 is 0 Å². The van der Waals surface area contributed by atoms with Crippen LogP contribution in [0.4, 0.5) is 5.69 Å². The Labute approximate surface area is 106 Å². The van der Waals surface area contributed by atoms with E-state index >= 15 is 0 Å². The number of nitrogens with two attached hydrogens (primary N) is 1. The van der Waals surface area contributed by atoms with Gasteiger partial charge in [0.1, 0.15) is 0 Å². The topological polar surface area (TPSA) is 46.3 Å². The highest BCUT2D eigenvalue weighted by Gasteiger charge is 2.29. The van der Waals surface area contributed by atoms with E-state index in [0.717, 1.165) is 12.3 Å². The van der Waals surface area contributed by atoms with Gasteiger partial charge in [-0.2, -0.15) is 11.8 Å². The highest BCUT2D eigenvalue weighted by atomic mass is 32.2. The van der Waals surface area contributed by atoms with Crippen molar-refractivity contribution in [2.45, 2.75) is 25.1 Å². The van der Waals surface area contributed by atoms with Crippen molar-refractivity contribution in [1.29, 1.82) is 0 Å². The van der Waals surface area contributed by atoms with Gasteiger partial charge < -0.3 is 10.6 Å². The summed E-state index contributed by atoms with van der Waals surface area (Å²) in [5.41, 5.74) is 7.05. The van der Waals surface area contributed by atoms with Crippen molar-refractivity contribution in [2.75, 3.05) is 18.0 Å². The average molecular weight is 250 g/mol. The third-order valence-electron chi connectivity index (χ3n) is 3.28. The molecule has 1 aromatic carbocycles. The van der Waals surface area contributed by atoms with E-state index in [2.05, 4.69) is 13.8 Å². The molecule has 0 bridgehead atoms. The maximum atomic E-state index is 12.4. The largest absolute Gasteiger partial charge is 0.399 e. The van der Waals surface area contributed by atoms with Crippen LogP contribution in [0, 0.1) is 0 Å². The molecule has 0 radical (unpaired) electrons. The second-order valence-electron chi connectivity index (χ2n) is 4.44. The Hall–Kier alpha value is -1.16. The van der Waals surface area contributed by atoms with E-state index in [-0.39, 0.29) is 11.9 Å². The Bertz CT molecular complexity index is 422. The molecule has 1 aliphatic heterocycles. The lowest BCUT2D eigenvalue weighted by Crippen LogP contribution is -2.47. The van der Waals surface area contributed by atoms with Crippen LogP contribution in [0.2, 0.25) is 0 Å². The van der Waals surface area contributed by atoms with Crippen molar-refractivity contribution in [1.82, 2.24) is 4.90 Å². The van der Waals surface area contributed by atoms with Crippen molar-refractivity contribution in [3.05, 3.63) is 29.8 Å². The van der Waals surface area contributed by atoms with Gasteiger partial charge in [0.05, 0.1) is 0 Å². The van der Waals surface area contributed by atoms with Crippen LogP contribution in [0.1, 0.15) is 24.2 Å². The number of nitrogen functional groups attached to an aromatic ring is 1. The van der Waals surface area contributed by atoms with Crippen LogP contribution in [0.5, 0.6) is 0 Å². The molecule has 2 atom stereocenters. The Kier molecular flexibility index (Phi) is 3.62. The SMILES string of the molecule is CC1SCCN(C(=O)c2cccc(N)c2)C1C. The summed E-state index contributed by atoms with van der Waals surface area (Å²) in [5.74, 6) is 1.11. The maximum Gasteiger partial charge on any atom is 0.254 e. The van der Waals surface area contributed by atoms with Crippen molar-refractivity contribution >= 4 is 23.4 Å². The van der Waals surface area contributed by atoms with E-state index in [0.29, 0.717) is 16.5 Å². The molecule has 0 aromatic heterocycles. The van der Waals surface area contributed by atoms with Crippen LogP contribution in [0.3, 0.4) is 0 Å². The number of hydrogen-bond acceptors (Lipinski definition) is 3. The molecule has 2 rings (SSSR count). The number of rotatable bonds is 1. The fourth-order valence-electron chi connectivity index (χ4n) is 2.06. The Balaban J connectivity index is 2.19. The van der Waals surface area contributed by atoms with Gasteiger partial charge in [0.15, 0.2) is 0 Å². The van der Waals surface area contributed by atoms with E-state index < -0.39 is 0 Å². The molecular weight excluding hydrogens is 232 g/mol. The molecule has 1 aliphatic rings. The van der Waals surface area contributed by atoms with Crippen LogP contribution in [0.15, 0.2) is 24.3 Å². The highest BCUT2D eigenvalue weighted by molar-refractivity contribution is 8.00. The molecule has 1 fully saturated rings. The summed E-state index contributed by atoms with van der Waals surface area (Å²) < 4.78 is 0. The molecule has 92 valence electrons. The first-order valence-electron chi connectivity index (χ1n) is 5.87. The van der Waals surface area contributed by atoms with Gasteiger partial charge in [-0.1, -0.05) is 13.0 Å². The molecule has 0 aliphatic carbocycles. The Morgan fingerprint density at radius 3 is 2.94 bits per heavy atom. The molecule has 0 spiro atoms. The maximum absolute atomic E-state index is 12.4. The van der Waals surface area contributed by atoms with Crippen molar-refractivity contribution in [3.63, 3.8) is 0 Å². The third kappa shape index (κ3) is 2.57. The number of benzene rings is 1. The van der Waals surface area contributed by atoms with Crippen LogP contribution < -0.4 is 5.73 Å². The zero-order valence-electron chi connectivity index (χ0n) is 10.2. The monoisotopic (exact) mass is 250 g/mol. The first kappa shape index (κ1) is 12.3. The molecule has 3 nitrogen and oxygen atoms in total. The molecule has 4 heteroatoms. The van der Waals surface area contributed by atoms with Gasteiger partial charge in [0.25, 0.3) is 5.91 Å². The molecule has 0 saturated carbocycles. The normalized spacial score (nSPS) is 24.7. The van der Waals surface area contributed by atoms with Gasteiger partial charge in [-0.05, 0) is 25.1 Å². The summed E-state index contributed by atoms with van der Waals surface area (Å²) in [6.07, 6.45) is 0. The van der Waals surface area contributed by atoms with Gasteiger partial charge in [-0.25, -0.2) is 0 Å². The summed E-state index contributed by atoms with van der Waals surface area (Å²) >= 11 is 1.93. The summed E-state index contributed by atoms with van der Waals surface area (Å²) in [4.78, 5) is 14.3. The Morgan fingerprint density at radius 2 is 2.24 bits per heavy atom. The van der Waals surface area contributed by atoms with Crippen LogP contribution >= 0.6 is 11.8 Å². The fraction of sp³-hybridized carbons (Fsp3) is 0.462. The second kappa shape index (κ2) is 5.00. The lowest BCUT2D eigenvalue weighted by atomic mass is 10.1. The van der Waals surface area contributed by atoms with Crippen molar-refractivity contribution in [2.24, 2.45) is 0 Å². The smallest absolute Gasteiger partial charge is 0.254 e. The Morgan fingerprint density at radius 1 is 1.47 bits per heavy atom. The number of nitrogens with zero attached hydrogens (tertiary/aromatic N) is 1. The van der Waals surface area contributed by atoms with E-state index in [1.165, 1.54) is 0 Å². The molecular formula is C13H18N2OS. The summed E-state index contributed by atoms with van der Waals surface area (Å²) in [7, 11) is 0. The number of carbonyl (C=O) groups is 1. The molecule has 2 N–H and O–H groups in total. The summed E-state index contributed by atoms with van der Waals surface area (Å²) in [5, 5.41) is 0.494. The van der Waals surface area contributed by atoms with E-state index in [9.17, 15) is 4.79 Å². The van der Waals surface area contributed by atoms with Gasteiger partial charge in [0, 0.05) is 34.8 Å². The van der Waals surface area contributed by atoms with Crippen LogP contribution in [-0.4, -0.2) is 34.4 Å². The van der Waals surface area contributed by atoms with Crippen molar-refractivity contribution < 1.29 is 4.79 Å². The van der Waals surface area contributed by atoms with Crippen LogP contribution in [-0.2, 0) is 0 Å². The minimum absolute atomic E-state index is 0.0944. The number of hydrogen-bond donors (Lipinski definition) is 1. The highest BCUT2D eigenvalue weighted by Crippen LogP contribution is 2.25. The number of anilines is 1.